The Morgan fingerprint density at radius 3 is 2.69 bits per heavy atom. The van der Waals surface area contributed by atoms with E-state index in [9.17, 15) is 0 Å². The predicted octanol–water partition coefficient (Wildman–Crippen LogP) is 0.212. The smallest absolute Gasteiger partial charge is 0.0558 e. The quantitative estimate of drug-likeness (QED) is 0.706. The van der Waals surface area contributed by atoms with E-state index in [1.807, 2.05) is 0 Å². The normalized spacial score (nSPS) is 27.8. The molecule has 16 heavy (non-hydrogen) atoms. The summed E-state index contributed by atoms with van der Waals surface area (Å²) in [5.41, 5.74) is 0. The molecule has 2 aliphatic heterocycles. The first-order valence-electron chi connectivity index (χ1n) is 6.56. The molecule has 0 spiro atoms. The van der Waals surface area contributed by atoms with Crippen molar-refractivity contribution in [1.29, 1.82) is 0 Å². The molecule has 0 radical (unpaired) electrons. The highest BCUT2D eigenvalue weighted by molar-refractivity contribution is 4.82. The van der Waals surface area contributed by atoms with Gasteiger partial charge in [0.25, 0.3) is 0 Å². The van der Waals surface area contributed by atoms with Gasteiger partial charge in [-0.15, -0.1) is 0 Å². The molecule has 0 aromatic heterocycles. The minimum absolute atomic E-state index is 0.268. The molecular formula is C12H24N2O2. The molecule has 0 saturated carbocycles. The summed E-state index contributed by atoms with van der Waals surface area (Å²) in [5, 5.41) is 12.7. The fourth-order valence-electron chi connectivity index (χ4n) is 2.80. The van der Waals surface area contributed by atoms with Gasteiger partial charge in [-0.1, -0.05) is 0 Å². The molecule has 2 N–H and O–H groups in total. The summed E-state index contributed by atoms with van der Waals surface area (Å²) in [6, 6.07) is 1.25. The fraction of sp³-hybridized carbons (Fsp3) is 1.00. The van der Waals surface area contributed by atoms with Gasteiger partial charge in [-0.2, -0.15) is 0 Å². The summed E-state index contributed by atoms with van der Waals surface area (Å²) < 4.78 is 5.39. The van der Waals surface area contributed by atoms with Crippen molar-refractivity contribution >= 4 is 0 Å². The van der Waals surface area contributed by atoms with E-state index in [-0.39, 0.29) is 6.61 Å². The van der Waals surface area contributed by atoms with E-state index in [0.29, 0.717) is 12.1 Å². The van der Waals surface area contributed by atoms with Crippen LogP contribution >= 0.6 is 0 Å². The fourth-order valence-corrected chi connectivity index (χ4v) is 2.80. The summed E-state index contributed by atoms with van der Waals surface area (Å²) in [5.74, 6) is 0. The van der Waals surface area contributed by atoms with Crippen LogP contribution in [0.5, 0.6) is 0 Å². The second-order valence-corrected chi connectivity index (χ2v) is 4.86. The number of nitrogens with zero attached hydrogens (tertiary/aromatic N) is 1. The molecule has 1 unspecified atom stereocenters. The van der Waals surface area contributed by atoms with Crippen LogP contribution in [0.4, 0.5) is 0 Å². The number of nitrogens with one attached hydrogen (secondary N) is 1. The first kappa shape index (κ1) is 12.3. The van der Waals surface area contributed by atoms with Gasteiger partial charge in [0.2, 0.25) is 0 Å². The molecule has 2 rings (SSSR count). The molecule has 0 aliphatic carbocycles. The number of rotatable bonds is 5. The van der Waals surface area contributed by atoms with Gasteiger partial charge in [0.05, 0.1) is 6.61 Å². The van der Waals surface area contributed by atoms with Crippen molar-refractivity contribution in [2.45, 2.75) is 37.8 Å². The average molecular weight is 228 g/mol. The maximum atomic E-state index is 9.15. The lowest BCUT2D eigenvalue weighted by atomic mass is 10.1. The van der Waals surface area contributed by atoms with Gasteiger partial charge in [0.1, 0.15) is 0 Å². The Labute approximate surface area is 98.0 Å². The first-order chi connectivity index (χ1) is 7.90. The first-order valence-corrected chi connectivity index (χ1v) is 6.56. The van der Waals surface area contributed by atoms with Gasteiger partial charge in [-0.25, -0.2) is 0 Å². The monoisotopic (exact) mass is 228 g/mol. The largest absolute Gasteiger partial charge is 0.395 e. The van der Waals surface area contributed by atoms with Crippen LogP contribution < -0.4 is 5.32 Å². The lowest BCUT2D eigenvalue weighted by Gasteiger charge is -2.35. The molecule has 94 valence electrons. The second kappa shape index (κ2) is 6.55. The number of ether oxygens (including phenoxy) is 1. The van der Waals surface area contributed by atoms with Gasteiger partial charge in [0.15, 0.2) is 0 Å². The number of hydrogen-bond acceptors (Lipinski definition) is 4. The molecule has 0 aromatic rings. The molecule has 4 heteroatoms. The van der Waals surface area contributed by atoms with Gasteiger partial charge < -0.3 is 15.2 Å². The predicted molar refractivity (Wildman–Crippen MR) is 63.5 cm³/mol. The van der Waals surface area contributed by atoms with Crippen molar-refractivity contribution in [2.75, 3.05) is 39.5 Å². The molecule has 0 aromatic carbocycles. The zero-order valence-electron chi connectivity index (χ0n) is 10.0. The Balaban J connectivity index is 1.82. The molecule has 2 aliphatic rings. The minimum Gasteiger partial charge on any atom is -0.395 e. The van der Waals surface area contributed by atoms with Gasteiger partial charge in [-0.3, -0.25) is 4.90 Å². The van der Waals surface area contributed by atoms with E-state index in [2.05, 4.69) is 10.2 Å². The third-order valence-electron chi connectivity index (χ3n) is 3.71. The molecule has 2 heterocycles. The van der Waals surface area contributed by atoms with E-state index in [1.165, 1.54) is 12.8 Å². The van der Waals surface area contributed by atoms with Crippen molar-refractivity contribution in [1.82, 2.24) is 10.2 Å². The van der Waals surface area contributed by atoms with E-state index in [4.69, 9.17) is 9.84 Å². The topological polar surface area (TPSA) is 44.7 Å². The molecule has 0 bridgehead atoms. The maximum Gasteiger partial charge on any atom is 0.0558 e. The lowest BCUT2D eigenvalue weighted by molar-refractivity contribution is 0.0252. The van der Waals surface area contributed by atoms with Gasteiger partial charge in [0, 0.05) is 38.4 Å². The van der Waals surface area contributed by atoms with Crippen LogP contribution in [0.1, 0.15) is 25.7 Å². The van der Waals surface area contributed by atoms with Crippen molar-refractivity contribution < 1.29 is 9.84 Å². The Bertz CT molecular complexity index is 189. The lowest BCUT2D eigenvalue weighted by Crippen LogP contribution is -2.46. The van der Waals surface area contributed by atoms with Crippen LogP contribution in [-0.2, 0) is 4.74 Å². The zero-order valence-corrected chi connectivity index (χ0v) is 10.0. The second-order valence-electron chi connectivity index (χ2n) is 4.86. The van der Waals surface area contributed by atoms with E-state index < -0.39 is 0 Å². The third-order valence-corrected chi connectivity index (χ3v) is 3.71. The van der Waals surface area contributed by atoms with Crippen LogP contribution in [0.25, 0.3) is 0 Å². The van der Waals surface area contributed by atoms with Crippen LogP contribution in [0.2, 0.25) is 0 Å². The zero-order chi connectivity index (χ0) is 11.2. The summed E-state index contributed by atoms with van der Waals surface area (Å²) >= 11 is 0. The minimum atomic E-state index is 0.268. The highest BCUT2D eigenvalue weighted by atomic mass is 16.5. The van der Waals surface area contributed by atoms with E-state index >= 15 is 0 Å². The molecule has 2 saturated heterocycles. The standard InChI is InChI=1S/C12H24N2O2/c15-7-6-14(10-11-2-1-5-13-11)12-3-8-16-9-4-12/h11-13,15H,1-10H2. The number of hydrogen-bond donors (Lipinski definition) is 2. The molecular weight excluding hydrogens is 204 g/mol. The van der Waals surface area contributed by atoms with Crippen molar-refractivity contribution in [3.8, 4) is 0 Å². The van der Waals surface area contributed by atoms with Crippen molar-refractivity contribution in [2.24, 2.45) is 0 Å². The Kier molecular flexibility index (Phi) is 5.03. The van der Waals surface area contributed by atoms with Gasteiger partial charge in [-0.05, 0) is 32.2 Å². The molecule has 0 amide bonds. The van der Waals surface area contributed by atoms with Crippen molar-refractivity contribution in [3.63, 3.8) is 0 Å². The summed E-state index contributed by atoms with van der Waals surface area (Å²) in [6.45, 7) is 5.08. The van der Waals surface area contributed by atoms with Crippen LogP contribution in [0.15, 0.2) is 0 Å². The maximum absolute atomic E-state index is 9.15. The molecule has 2 fully saturated rings. The van der Waals surface area contributed by atoms with Crippen LogP contribution in [0.3, 0.4) is 0 Å². The average Bonchev–Trinajstić information content (AvgIpc) is 2.83. The molecule has 4 nitrogen and oxygen atoms in total. The highest BCUT2D eigenvalue weighted by Crippen LogP contribution is 2.16. The van der Waals surface area contributed by atoms with Crippen LogP contribution in [0, 0.1) is 0 Å². The Morgan fingerprint density at radius 2 is 2.06 bits per heavy atom. The SMILES string of the molecule is OCCN(CC1CCCN1)C1CCOCC1. The highest BCUT2D eigenvalue weighted by Gasteiger charge is 2.24. The Morgan fingerprint density at radius 1 is 1.25 bits per heavy atom. The number of aliphatic hydroxyl groups excluding tert-OH is 1. The summed E-state index contributed by atoms with van der Waals surface area (Å²) in [4.78, 5) is 2.45. The van der Waals surface area contributed by atoms with E-state index in [1.54, 1.807) is 0 Å². The van der Waals surface area contributed by atoms with Crippen LogP contribution in [-0.4, -0.2) is 61.5 Å². The number of aliphatic hydroxyl groups is 1. The van der Waals surface area contributed by atoms with E-state index in [0.717, 1.165) is 45.7 Å². The van der Waals surface area contributed by atoms with Gasteiger partial charge >= 0.3 is 0 Å². The summed E-state index contributed by atoms with van der Waals surface area (Å²) in [7, 11) is 0. The summed E-state index contributed by atoms with van der Waals surface area (Å²) in [6.07, 6.45) is 4.82. The Hall–Kier alpha value is -0.160. The van der Waals surface area contributed by atoms with Crippen molar-refractivity contribution in [3.05, 3.63) is 0 Å². The molecule has 1 atom stereocenters. The third kappa shape index (κ3) is 3.42.